The molecule has 234 valence electrons. The molecule has 3 aromatic heterocycles. The van der Waals surface area contributed by atoms with Crippen LogP contribution in [0.3, 0.4) is 0 Å². The van der Waals surface area contributed by atoms with Crippen LogP contribution in [-0.4, -0.2) is 19.5 Å². The molecule has 0 amide bonds. The Labute approximate surface area is 301 Å². The molecule has 5 heteroatoms. The molecule has 3 heterocycles. The summed E-state index contributed by atoms with van der Waals surface area (Å²) in [6.07, 6.45) is 0. The van der Waals surface area contributed by atoms with E-state index in [2.05, 4.69) is 55.9 Å². The van der Waals surface area contributed by atoms with Gasteiger partial charge in [0.1, 0.15) is 5.58 Å². The molecule has 10 aromatic rings. The van der Waals surface area contributed by atoms with Crippen LogP contribution in [0, 0.1) is 0 Å². The summed E-state index contributed by atoms with van der Waals surface area (Å²) in [7, 11) is 0. The Morgan fingerprint density at radius 3 is 1.78 bits per heavy atom. The third-order valence-corrected chi connectivity index (χ3v) is 8.82. The smallest absolute Gasteiger partial charge is 0.164 e. The molecule has 0 radical (unpaired) electrons. The number of hydrogen-bond acceptors (Lipinski definition) is 4. The number of furan rings is 1. The van der Waals surface area contributed by atoms with Crippen LogP contribution in [0.25, 0.3) is 94.7 Å². The van der Waals surface area contributed by atoms with Crippen molar-refractivity contribution in [1.82, 2.24) is 19.5 Å². The fourth-order valence-electron chi connectivity index (χ4n) is 6.61. The van der Waals surface area contributed by atoms with Gasteiger partial charge in [-0.15, -0.1) is 0 Å². The van der Waals surface area contributed by atoms with E-state index in [1.165, 1.54) is 0 Å². The minimum atomic E-state index is -0.608. The van der Waals surface area contributed by atoms with Gasteiger partial charge in [-0.25, -0.2) is 15.0 Å². The highest BCUT2D eigenvalue weighted by Crippen LogP contribution is 2.40. The molecule has 5 nitrogen and oxygen atoms in total. The number of aromatic nitrogens is 4. The van der Waals surface area contributed by atoms with Crippen molar-refractivity contribution >= 4 is 43.7 Å². The minimum Gasteiger partial charge on any atom is -0.454 e. The second-order valence-corrected chi connectivity index (χ2v) is 11.7. The van der Waals surface area contributed by atoms with Gasteiger partial charge in [0, 0.05) is 43.9 Å². The van der Waals surface area contributed by atoms with E-state index < -0.39 is 60.4 Å². The van der Waals surface area contributed by atoms with Gasteiger partial charge in [0.2, 0.25) is 0 Å². The van der Waals surface area contributed by atoms with Crippen LogP contribution in [0.2, 0.25) is 0 Å². The summed E-state index contributed by atoms with van der Waals surface area (Å²) in [4.78, 5) is 13.6. The van der Waals surface area contributed by atoms with E-state index in [9.17, 15) is 0 Å². The van der Waals surface area contributed by atoms with Crippen molar-refractivity contribution in [3.8, 4) is 51.0 Å². The SMILES string of the molecule is [2H]c1c([2H])c([2H])c(-c2nc(-c3cccc(-c4cccc(-n5c6ccccc6c6ccc7c8ccccc8oc7c65)c4)c3)nc(-c3c([2H])c([2H])c([2H])c([2H])c3[2H])n2)c([2H])c1[2H]. The van der Waals surface area contributed by atoms with E-state index in [4.69, 9.17) is 18.1 Å². The summed E-state index contributed by atoms with van der Waals surface area (Å²) in [6, 6.07) is 29.8. The zero-order valence-electron chi connectivity index (χ0n) is 36.1. The Morgan fingerprint density at radius 2 is 1.04 bits per heavy atom. The van der Waals surface area contributed by atoms with Gasteiger partial charge in [-0.05, 0) is 47.5 Å². The van der Waals surface area contributed by atoms with E-state index >= 15 is 0 Å². The van der Waals surface area contributed by atoms with Gasteiger partial charge in [-0.1, -0.05) is 133 Å². The Kier molecular flexibility index (Phi) is 4.52. The molecule has 0 spiro atoms. The predicted octanol–water partition coefficient (Wildman–Crippen LogP) is 11.5. The van der Waals surface area contributed by atoms with Gasteiger partial charge >= 0.3 is 0 Å². The number of para-hydroxylation sites is 2. The highest BCUT2D eigenvalue weighted by molar-refractivity contribution is 6.21. The van der Waals surface area contributed by atoms with Gasteiger partial charge < -0.3 is 8.98 Å². The van der Waals surface area contributed by atoms with E-state index in [0.29, 0.717) is 5.56 Å². The molecule has 50 heavy (non-hydrogen) atoms. The lowest BCUT2D eigenvalue weighted by Crippen LogP contribution is -2.00. The van der Waals surface area contributed by atoms with Gasteiger partial charge in [-0.2, -0.15) is 0 Å². The lowest BCUT2D eigenvalue weighted by Gasteiger charge is -2.12. The van der Waals surface area contributed by atoms with Crippen molar-refractivity contribution in [2.45, 2.75) is 0 Å². The quantitative estimate of drug-likeness (QED) is 0.186. The van der Waals surface area contributed by atoms with E-state index in [0.717, 1.165) is 60.6 Å². The minimum absolute atomic E-state index is 0.0127. The Bertz CT molecular complexity index is 3330. The zero-order valence-corrected chi connectivity index (χ0v) is 26.1. The summed E-state index contributed by atoms with van der Waals surface area (Å²) in [6.45, 7) is 0. The van der Waals surface area contributed by atoms with Crippen molar-refractivity contribution in [3.05, 3.63) is 170 Å². The van der Waals surface area contributed by atoms with Gasteiger partial charge in [-0.3, -0.25) is 0 Å². The van der Waals surface area contributed by atoms with E-state index in [1.54, 1.807) is 12.1 Å². The number of benzene rings is 7. The summed E-state index contributed by atoms with van der Waals surface area (Å²) >= 11 is 0. The van der Waals surface area contributed by atoms with Crippen molar-refractivity contribution in [2.24, 2.45) is 0 Å². The van der Waals surface area contributed by atoms with Gasteiger partial charge in [0.05, 0.1) is 24.7 Å². The Hall–Kier alpha value is -6.85. The molecule has 0 saturated heterocycles. The number of fused-ring (bicyclic) bond motifs is 7. The van der Waals surface area contributed by atoms with E-state index in [-0.39, 0.29) is 28.6 Å². The molecule has 0 aliphatic carbocycles. The first kappa shape index (κ1) is 19.8. The topological polar surface area (TPSA) is 56.7 Å². The molecule has 0 aliphatic rings. The lowest BCUT2D eigenvalue weighted by molar-refractivity contribution is 0.671. The van der Waals surface area contributed by atoms with E-state index in [1.807, 2.05) is 60.7 Å². The Morgan fingerprint density at radius 1 is 0.460 bits per heavy atom. The normalized spacial score (nSPS) is 14.4. The van der Waals surface area contributed by atoms with Crippen LogP contribution in [0.15, 0.2) is 174 Å². The molecule has 0 fully saturated rings. The number of rotatable bonds is 5. The molecule has 0 N–H and O–H groups in total. The number of nitrogens with zero attached hydrogens (tertiary/aromatic N) is 4. The maximum Gasteiger partial charge on any atom is 0.164 e. The van der Waals surface area contributed by atoms with Crippen LogP contribution in [0.5, 0.6) is 0 Å². The predicted molar refractivity (Wildman–Crippen MR) is 203 cm³/mol. The van der Waals surface area contributed by atoms with Crippen LogP contribution >= 0.6 is 0 Å². The first-order chi connectivity index (χ1) is 28.9. The largest absolute Gasteiger partial charge is 0.454 e. The highest BCUT2D eigenvalue weighted by Gasteiger charge is 2.19. The van der Waals surface area contributed by atoms with Crippen molar-refractivity contribution < 1.29 is 18.1 Å². The zero-order chi connectivity index (χ0) is 41.7. The van der Waals surface area contributed by atoms with Crippen LogP contribution in [-0.2, 0) is 0 Å². The van der Waals surface area contributed by atoms with Crippen molar-refractivity contribution in [1.29, 1.82) is 0 Å². The molecule has 0 aliphatic heterocycles. The Balaban J connectivity index is 1.17. The third-order valence-electron chi connectivity index (χ3n) is 8.82. The average molecular weight is 651 g/mol. The van der Waals surface area contributed by atoms with Gasteiger partial charge in [0.15, 0.2) is 23.1 Å². The second kappa shape index (κ2) is 11.4. The monoisotopic (exact) mass is 650 g/mol. The molecule has 0 saturated carbocycles. The first-order valence-corrected chi connectivity index (χ1v) is 15.9. The average Bonchev–Trinajstić information content (AvgIpc) is 3.83. The second-order valence-electron chi connectivity index (χ2n) is 11.7. The fourth-order valence-corrected chi connectivity index (χ4v) is 6.61. The molecule has 0 atom stereocenters. The maximum atomic E-state index is 8.66. The molecule has 7 aromatic carbocycles. The standard InChI is InChI=1S/C45H28N4O/c1-3-13-29(14-4-1)43-46-44(30-15-5-2-6-16-30)48-45(47-43)33-19-11-17-31(27-33)32-18-12-20-34(28-32)49-39-23-9-7-21-35(39)37-25-26-38-36-22-8-10-24-40(36)50-42(38)41(37)49/h1-28H/i1D,2D,3D,4D,5D,6D,13D,14D,15D,16D. The van der Waals surface area contributed by atoms with Crippen LogP contribution in [0.4, 0.5) is 0 Å². The van der Waals surface area contributed by atoms with Crippen molar-refractivity contribution in [2.75, 3.05) is 0 Å². The molecular formula is C45H28N4O. The van der Waals surface area contributed by atoms with Crippen LogP contribution in [0.1, 0.15) is 13.7 Å². The summed E-state index contributed by atoms with van der Waals surface area (Å²) in [5.41, 5.74) is 5.76. The van der Waals surface area contributed by atoms with Crippen molar-refractivity contribution in [3.63, 3.8) is 0 Å². The summed E-state index contributed by atoms with van der Waals surface area (Å²) in [5.74, 6) is -0.662. The maximum absolute atomic E-state index is 8.66. The molecule has 0 bridgehead atoms. The molecule has 0 unspecified atom stereocenters. The van der Waals surface area contributed by atoms with Crippen LogP contribution < -0.4 is 0 Å². The third kappa shape index (κ3) is 4.60. The van der Waals surface area contributed by atoms with Gasteiger partial charge in [0.25, 0.3) is 0 Å². The highest BCUT2D eigenvalue weighted by atomic mass is 16.3. The molecule has 10 rings (SSSR count). The first-order valence-electron chi connectivity index (χ1n) is 20.9. The number of hydrogen-bond donors (Lipinski definition) is 0. The lowest BCUT2D eigenvalue weighted by atomic mass is 10.0. The summed E-state index contributed by atoms with van der Waals surface area (Å²) in [5, 5.41) is 4.15. The fraction of sp³-hybridized carbons (Fsp3) is 0. The molecular weight excluding hydrogens is 613 g/mol. The summed E-state index contributed by atoms with van der Waals surface area (Å²) < 4.78 is 92.8.